The first-order valence-corrected chi connectivity index (χ1v) is 12.8. The van der Waals surface area contributed by atoms with Crippen molar-refractivity contribution in [3.8, 4) is 6.07 Å². The molecule has 1 unspecified atom stereocenters. The summed E-state index contributed by atoms with van der Waals surface area (Å²) in [4.78, 5) is 34.4. The molecule has 0 saturated carbocycles. The van der Waals surface area contributed by atoms with Crippen LogP contribution >= 0.6 is 11.3 Å². The zero-order valence-corrected chi connectivity index (χ0v) is 20.2. The summed E-state index contributed by atoms with van der Waals surface area (Å²) in [6, 6.07) is 11.8. The van der Waals surface area contributed by atoms with Crippen LogP contribution in [0.2, 0.25) is 0 Å². The van der Waals surface area contributed by atoms with E-state index in [4.69, 9.17) is 0 Å². The SMILES string of the molecule is CC(C(=O)Nc1sc2c(c1C#N)CCCCC2)N1CCN(C(=O)c2cc3ccccc3[nH]2)CC1. The largest absolute Gasteiger partial charge is 0.351 e. The number of fused-ring (bicyclic) bond motifs is 2. The number of H-pyrrole nitrogens is 1. The molecule has 0 radical (unpaired) electrons. The average Bonchev–Trinajstić information content (AvgIpc) is 3.36. The number of aromatic amines is 1. The number of aryl methyl sites for hydroxylation is 1. The molecule has 34 heavy (non-hydrogen) atoms. The monoisotopic (exact) mass is 475 g/mol. The number of hydrogen-bond acceptors (Lipinski definition) is 5. The molecule has 176 valence electrons. The molecular weight excluding hydrogens is 446 g/mol. The Morgan fingerprint density at radius 1 is 1.12 bits per heavy atom. The van der Waals surface area contributed by atoms with Crippen molar-refractivity contribution >= 4 is 39.1 Å². The number of carbonyl (C=O) groups is 2. The van der Waals surface area contributed by atoms with Gasteiger partial charge >= 0.3 is 0 Å². The van der Waals surface area contributed by atoms with Crippen LogP contribution in [0.4, 0.5) is 5.00 Å². The Labute approximate surface area is 203 Å². The maximum absolute atomic E-state index is 13.1. The van der Waals surface area contributed by atoms with Crippen LogP contribution in [0.15, 0.2) is 30.3 Å². The van der Waals surface area contributed by atoms with E-state index in [2.05, 4.69) is 21.3 Å². The van der Waals surface area contributed by atoms with Crippen LogP contribution in [-0.4, -0.2) is 58.8 Å². The quantitative estimate of drug-likeness (QED) is 0.555. The number of hydrogen-bond donors (Lipinski definition) is 2. The molecule has 1 aromatic carbocycles. The minimum absolute atomic E-state index is 0.00768. The number of benzene rings is 1. The second-order valence-electron chi connectivity index (χ2n) is 9.14. The Morgan fingerprint density at radius 2 is 1.88 bits per heavy atom. The fourth-order valence-corrected chi connectivity index (χ4v) is 6.25. The minimum Gasteiger partial charge on any atom is -0.351 e. The van der Waals surface area contributed by atoms with Gasteiger partial charge in [0.2, 0.25) is 5.91 Å². The van der Waals surface area contributed by atoms with Gasteiger partial charge in [-0.15, -0.1) is 11.3 Å². The highest BCUT2D eigenvalue weighted by atomic mass is 32.1. The van der Waals surface area contributed by atoms with Crippen LogP contribution in [0.1, 0.15) is 52.7 Å². The Morgan fingerprint density at radius 3 is 2.65 bits per heavy atom. The number of para-hydroxylation sites is 1. The smallest absolute Gasteiger partial charge is 0.270 e. The molecule has 7 nitrogen and oxygen atoms in total. The molecule has 2 aromatic heterocycles. The second kappa shape index (κ2) is 9.61. The molecule has 0 bridgehead atoms. The number of piperazine rings is 1. The van der Waals surface area contributed by atoms with E-state index in [1.807, 2.05) is 42.2 Å². The van der Waals surface area contributed by atoms with Crippen molar-refractivity contribution in [3.05, 3.63) is 52.0 Å². The molecule has 8 heteroatoms. The second-order valence-corrected chi connectivity index (χ2v) is 10.2. The highest BCUT2D eigenvalue weighted by Gasteiger charge is 2.30. The number of anilines is 1. The van der Waals surface area contributed by atoms with E-state index in [-0.39, 0.29) is 17.9 Å². The van der Waals surface area contributed by atoms with Crippen molar-refractivity contribution in [1.82, 2.24) is 14.8 Å². The Hall–Kier alpha value is -3.15. The molecule has 3 aromatic rings. The van der Waals surface area contributed by atoms with Gasteiger partial charge in [0, 0.05) is 42.0 Å². The van der Waals surface area contributed by atoms with Gasteiger partial charge < -0.3 is 15.2 Å². The van der Waals surface area contributed by atoms with Crippen LogP contribution in [0, 0.1) is 11.3 Å². The standard InChI is InChI=1S/C26H29N5O2S/c1-17(24(32)29-25-20(16-27)19-8-3-2-4-10-23(19)34-25)30-11-13-31(14-12-30)26(33)22-15-18-7-5-6-9-21(18)28-22/h5-7,9,15,17,28H,2-4,8,10-14H2,1H3,(H,29,32). The maximum Gasteiger partial charge on any atom is 0.270 e. The summed E-state index contributed by atoms with van der Waals surface area (Å²) >= 11 is 1.57. The summed E-state index contributed by atoms with van der Waals surface area (Å²) in [6.45, 7) is 4.31. The predicted octanol–water partition coefficient (Wildman–Crippen LogP) is 4.15. The first kappa shape index (κ1) is 22.6. The normalized spacial score (nSPS) is 17.6. The van der Waals surface area contributed by atoms with Crippen molar-refractivity contribution in [2.75, 3.05) is 31.5 Å². The summed E-state index contributed by atoms with van der Waals surface area (Å²) in [5, 5.41) is 14.5. The lowest BCUT2D eigenvalue weighted by atomic mass is 10.1. The van der Waals surface area contributed by atoms with E-state index in [0.29, 0.717) is 42.4 Å². The highest BCUT2D eigenvalue weighted by Crippen LogP contribution is 2.37. The van der Waals surface area contributed by atoms with E-state index < -0.39 is 0 Å². The lowest BCUT2D eigenvalue weighted by Gasteiger charge is -2.37. The lowest BCUT2D eigenvalue weighted by molar-refractivity contribution is -0.121. The van der Waals surface area contributed by atoms with Crippen molar-refractivity contribution in [1.29, 1.82) is 5.26 Å². The number of amides is 2. The number of nitrogens with zero attached hydrogens (tertiary/aromatic N) is 3. The van der Waals surface area contributed by atoms with Gasteiger partial charge in [-0.1, -0.05) is 24.6 Å². The third-order valence-electron chi connectivity index (χ3n) is 7.06. The molecule has 0 spiro atoms. The van der Waals surface area contributed by atoms with Crippen molar-refractivity contribution < 1.29 is 9.59 Å². The molecular formula is C26H29N5O2S. The topological polar surface area (TPSA) is 92.2 Å². The van der Waals surface area contributed by atoms with Gasteiger partial charge in [0.1, 0.15) is 16.8 Å². The first-order chi connectivity index (χ1) is 16.5. The molecule has 5 rings (SSSR count). The number of thiophene rings is 1. The van der Waals surface area contributed by atoms with Crippen LogP contribution in [0.3, 0.4) is 0 Å². The highest BCUT2D eigenvalue weighted by molar-refractivity contribution is 7.16. The van der Waals surface area contributed by atoms with Crippen LogP contribution in [-0.2, 0) is 17.6 Å². The average molecular weight is 476 g/mol. The van der Waals surface area contributed by atoms with Gasteiger partial charge in [0.25, 0.3) is 5.91 Å². The zero-order chi connectivity index (χ0) is 23.7. The predicted molar refractivity (Wildman–Crippen MR) is 134 cm³/mol. The Kier molecular flexibility index (Phi) is 6.40. The lowest BCUT2D eigenvalue weighted by Crippen LogP contribution is -2.54. The Balaban J connectivity index is 1.20. The van der Waals surface area contributed by atoms with E-state index in [9.17, 15) is 14.9 Å². The molecule has 1 aliphatic heterocycles. The van der Waals surface area contributed by atoms with Crippen LogP contribution in [0.5, 0.6) is 0 Å². The van der Waals surface area contributed by atoms with Gasteiger partial charge in [0.15, 0.2) is 0 Å². The maximum atomic E-state index is 13.1. The van der Waals surface area contributed by atoms with Gasteiger partial charge in [-0.2, -0.15) is 5.26 Å². The molecule has 1 saturated heterocycles. The molecule has 2 amide bonds. The van der Waals surface area contributed by atoms with E-state index in [1.54, 1.807) is 11.3 Å². The molecule has 1 aliphatic carbocycles. The van der Waals surface area contributed by atoms with E-state index in [0.717, 1.165) is 42.1 Å². The first-order valence-electron chi connectivity index (χ1n) is 12.0. The van der Waals surface area contributed by atoms with Gasteiger partial charge in [-0.05, 0) is 50.3 Å². The Bertz CT molecular complexity index is 1230. The van der Waals surface area contributed by atoms with Gasteiger partial charge in [-0.25, -0.2) is 0 Å². The number of nitrogens with one attached hydrogen (secondary N) is 2. The number of carbonyl (C=O) groups excluding carboxylic acids is 2. The molecule has 2 N–H and O–H groups in total. The van der Waals surface area contributed by atoms with Gasteiger partial charge in [-0.3, -0.25) is 14.5 Å². The molecule has 1 atom stereocenters. The molecule has 3 heterocycles. The third-order valence-corrected chi connectivity index (χ3v) is 8.27. The minimum atomic E-state index is -0.334. The van der Waals surface area contributed by atoms with E-state index >= 15 is 0 Å². The van der Waals surface area contributed by atoms with Crippen LogP contribution < -0.4 is 5.32 Å². The number of aromatic nitrogens is 1. The third kappa shape index (κ3) is 4.33. The van der Waals surface area contributed by atoms with Crippen molar-refractivity contribution in [3.63, 3.8) is 0 Å². The van der Waals surface area contributed by atoms with Crippen LogP contribution in [0.25, 0.3) is 10.9 Å². The van der Waals surface area contributed by atoms with Crippen molar-refractivity contribution in [2.24, 2.45) is 0 Å². The summed E-state index contributed by atoms with van der Waals surface area (Å²) in [7, 11) is 0. The molecule has 2 aliphatic rings. The summed E-state index contributed by atoms with van der Waals surface area (Å²) in [6.07, 6.45) is 5.35. The fourth-order valence-electron chi connectivity index (χ4n) is 5.00. The van der Waals surface area contributed by atoms with Gasteiger partial charge in [0.05, 0.1) is 11.6 Å². The zero-order valence-electron chi connectivity index (χ0n) is 19.4. The summed E-state index contributed by atoms with van der Waals surface area (Å²) in [5.41, 5.74) is 3.34. The van der Waals surface area contributed by atoms with E-state index in [1.165, 1.54) is 11.3 Å². The number of rotatable bonds is 4. The fraction of sp³-hybridized carbons (Fsp3) is 0.423. The number of nitriles is 1. The summed E-state index contributed by atoms with van der Waals surface area (Å²) < 4.78 is 0. The van der Waals surface area contributed by atoms with Crippen molar-refractivity contribution in [2.45, 2.75) is 45.1 Å². The molecule has 1 fully saturated rings. The summed E-state index contributed by atoms with van der Waals surface area (Å²) in [5.74, 6) is -0.102.